The van der Waals surface area contributed by atoms with E-state index in [1.165, 1.54) is 10.5 Å². The Kier molecular flexibility index (Phi) is 9.75. The Labute approximate surface area is 257 Å². The summed E-state index contributed by atoms with van der Waals surface area (Å²) in [7, 11) is 0. The van der Waals surface area contributed by atoms with Crippen molar-refractivity contribution >= 4 is 17.7 Å². The predicted octanol–water partition coefficient (Wildman–Crippen LogP) is 5.39. The van der Waals surface area contributed by atoms with Gasteiger partial charge in [0, 0.05) is 25.1 Å². The molecule has 4 heterocycles. The number of hydrogen-bond donors (Lipinski definition) is 1. The summed E-state index contributed by atoms with van der Waals surface area (Å²) in [4.78, 5) is 36.6. The summed E-state index contributed by atoms with van der Waals surface area (Å²) in [5, 5.41) is 9.16. The molecule has 0 bridgehead atoms. The van der Waals surface area contributed by atoms with E-state index >= 15 is 0 Å². The maximum atomic E-state index is 12.7. The fraction of sp³-hybridized carbons (Fsp3) is 0.382. The minimum Gasteiger partial charge on any atom is -0.445 e. The maximum absolute atomic E-state index is 12.7. The number of nitriles is 1. The highest BCUT2D eigenvalue weighted by atomic mass is 16.4. The highest BCUT2D eigenvalue weighted by Crippen LogP contribution is 2.32. The number of hydrogen-bond acceptors (Lipinski definition) is 8. The molecule has 10 nitrogen and oxygen atoms in total. The van der Waals surface area contributed by atoms with Crippen molar-refractivity contribution in [2.75, 3.05) is 18.0 Å². The Morgan fingerprint density at radius 3 is 2.36 bits per heavy atom. The van der Waals surface area contributed by atoms with Gasteiger partial charge in [0.15, 0.2) is 11.6 Å². The van der Waals surface area contributed by atoms with Crippen molar-refractivity contribution in [3.8, 4) is 17.5 Å². The Bertz CT molecular complexity index is 1610. The second-order valence-electron chi connectivity index (χ2n) is 11.2. The molecule has 2 aromatic carbocycles. The number of amides is 2. The Hall–Kier alpha value is -4.91. The molecule has 2 atom stereocenters. The van der Waals surface area contributed by atoms with Crippen LogP contribution in [0, 0.1) is 25.2 Å². The van der Waals surface area contributed by atoms with E-state index in [0.29, 0.717) is 42.6 Å². The SMILES string of the molecule is Cc1nc(-c2ccccc2)oc1N1CCCC1C#N.Cc1oc(CCCc2ccccc2)nc1C(=O)N1CCC[C@H]1C(N)=O. The monoisotopic (exact) mass is 594 g/mol. The standard InChI is InChI=1S/C19H23N3O3.C15H15N3O/c1-13-17(19(24)22-12-6-10-15(22)18(20)23)21-16(25-13)11-5-9-14-7-3-2-4-8-14;1-11-15(18-9-5-8-13(18)10-16)19-14(17-11)12-6-3-2-4-7-12/h2-4,7-8,15H,5-6,9-12H2,1H3,(H2,20,23);2-4,6-7,13H,5,8-9H2,1H3/t15-;/m0./s1. The van der Waals surface area contributed by atoms with E-state index in [0.717, 1.165) is 55.8 Å². The third-order valence-electron chi connectivity index (χ3n) is 8.04. The van der Waals surface area contributed by atoms with Crippen LogP contribution in [0.1, 0.15) is 65.5 Å². The van der Waals surface area contributed by atoms with Crippen LogP contribution in [0.25, 0.3) is 11.5 Å². The number of nitrogens with zero attached hydrogens (tertiary/aromatic N) is 5. The number of oxazole rings is 2. The molecule has 0 spiro atoms. The molecule has 4 aromatic rings. The van der Waals surface area contributed by atoms with Crippen molar-refractivity contribution in [2.45, 2.75) is 70.9 Å². The quantitative estimate of drug-likeness (QED) is 0.286. The van der Waals surface area contributed by atoms with E-state index in [4.69, 9.17) is 19.8 Å². The third-order valence-corrected chi connectivity index (χ3v) is 8.04. The number of rotatable bonds is 8. The normalized spacial score (nSPS) is 17.7. The largest absolute Gasteiger partial charge is 0.445 e. The molecule has 2 aliphatic rings. The van der Waals surface area contributed by atoms with Gasteiger partial charge in [-0.15, -0.1) is 0 Å². The smallest absolute Gasteiger partial charge is 0.276 e. The van der Waals surface area contributed by atoms with Crippen LogP contribution in [-0.4, -0.2) is 51.9 Å². The highest BCUT2D eigenvalue weighted by molar-refractivity contribution is 5.96. The van der Waals surface area contributed by atoms with Crippen LogP contribution >= 0.6 is 0 Å². The third kappa shape index (κ3) is 7.00. The highest BCUT2D eigenvalue weighted by Gasteiger charge is 2.35. The minimum atomic E-state index is -0.537. The molecule has 1 unspecified atom stereocenters. The number of carbonyl (C=O) groups excluding carboxylic acids is 2. The molecule has 2 saturated heterocycles. The van der Waals surface area contributed by atoms with Crippen LogP contribution in [0.15, 0.2) is 69.5 Å². The molecule has 2 aromatic heterocycles. The summed E-state index contributed by atoms with van der Waals surface area (Å²) in [6.07, 6.45) is 5.81. The van der Waals surface area contributed by atoms with Gasteiger partial charge in [0.05, 0.1) is 6.07 Å². The minimum absolute atomic E-state index is 0.0877. The molecule has 2 N–H and O–H groups in total. The van der Waals surface area contributed by atoms with Gasteiger partial charge >= 0.3 is 0 Å². The molecular weight excluding hydrogens is 556 g/mol. The van der Waals surface area contributed by atoms with Crippen LogP contribution in [-0.2, 0) is 17.6 Å². The van der Waals surface area contributed by atoms with Gasteiger partial charge in [-0.05, 0) is 70.1 Å². The molecule has 0 radical (unpaired) electrons. The van der Waals surface area contributed by atoms with Gasteiger partial charge in [-0.1, -0.05) is 48.5 Å². The lowest BCUT2D eigenvalue weighted by molar-refractivity contribution is -0.121. The van der Waals surface area contributed by atoms with Crippen LogP contribution in [0.3, 0.4) is 0 Å². The molecule has 228 valence electrons. The van der Waals surface area contributed by atoms with Crippen molar-refractivity contribution in [1.29, 1.82) is 5.26 Å². The predicted molar refractivity (Wildman–Crippen MR) is 166 cm³/mol. The first-order valence-electron chi connectivity index (χ1n) is 15.1. The average molecular weight is 595 g/mol. The lowest BCUT2D eigenvalue weighted by Crippen LogP contribution is -2.44. The molecule has 2 aliphatic heterocycles. The van der Waals surface area contributed by atoms with Gasteiger partial charge in [0.2, 0.25) is 17.7 Å². The van der Waals surface area contributed by atoms with Crippen molar-refractivity contribution in [1.82, 2.24) is 14.9 Å². The lowest BCUT2D eigenvalue weighted by atomic mass is 10.1. The average Bonchev–Trinajstić information content (AvgIpc) is 3.84. The Morgan fingerprint density at radius 1 is 0.955 bits per heavy atom. The van der Waals surface area contributed by atoms with E-state index < -0.39 is 11.9 Å². The number of aromatic nitrogens is 2. The molecule has 2 amide bonds. The zero-order chi connectivity index (χ0) is 31.1. The number of carbonyl (C=O) groups is 2. The molecule has 0 aliphatic carbocycles. The first kappa shape index (κ1) is 30.5. The first-order valence-corrected chi connectivity index (χ1v) is 15.1. The van der Waals surface area contributed by atoms with Gasteiger partial charge in [-0.2, -0.15) is 5.26 Å². The first-order chi connectivity index (χ1) is 21.4. The van der Waals surface area contributed by atoms with Gasteiger partial charge < -0.3 is 24.4 Å². The fourth-order valence-electron chi connectivity index (χ4n) is 5.79. The van der Waals surface area contributed by atoms with E-state index in [-0.39, 0.29) is 11.9 Å². The van der Waals surface area contributed by atoms with Crippen LogP contribution < -0.4 is 10.6 Å². The molecule has 0 saturated carbocycles. The van der Waals surface area contributed by atoms with Crippen LogP contribution in [0.2, 0.25) is 0 Å². The summed E-state index contributed by atoms with van der Waals surface area (Å²) in [5.41, 5.74) is 8.76. The number of aryl methyl sites for hydroxylation is 4. The van der Waals surface area contributed by atoms with Gasteiger partial charge in [-0.25, -0.2) is 9.97 Å². The molecule has 44 heavy (non-hydrogen) atoms. The number of anilines is 1. The number of benzene rings is 2. The van der Waals surface area contributed by atoms with Gasteiger partial charge in [0.25, 0.3) is 5.91 Å². The summed E-state index contributed by atoms with van der Waals surface area (Å²) in [6, 6.07) is 21.8. The van der Waals surface area contributed by atoms with Crippen LogP contribution in [0.5, 0.6) is 0 Å². The Morgan fingerprint density at radius 2 is 1.66 bits per heavy atom. The second-order valence-corrected chi connectivity index (χ2v) is 11.2. The summed E-state index contributed by atoms with van der Waals surface area (Å²) >= 11 is 0. The second kappa shape index (κ2) is 14.0. The number of likely N-dealkylation sites (tertiary alicyclic amines) is 1. The van der Waals surface area contributed by atoms with Crippen molar-refractivity contribution in [3.63, 3.8) is 0 Å². The lowest BCUT2D eigenvalue weighted by Gasteiger charge is -2.21. The molecule has 6 rings (SSSR count). The van der Waals surface area contributed by atoms with Gasteiger partial charge in [-0.3, -0.25) is 9.59 Å². The summed E-state index contributed by atoms with van der Waals surface area (Å²) in [5.74, 6) is 1.69. The van der Waals surface area contributed by atoms with Gasteiger partial charge in [0.1, 0.15) is 23.5 Å². The number of nitrogens with two attached hydrogens (primary N) is 1. The molecular formula is C34H38N6O4. The molecule has 10 heteroatoms. The summed E-state index contributed by atoms with van der Waals surface area (Å²) < 4.78 is 11.5. The zero-order valence-corrected chi connectivity index (χ0v) is 25.2. The molecule has 2 fully saturated rings. The van der Waals surface area contributed by atoms with Crippen molar-refractivity contribution in [2.24, 2.45) is 5.73 Å². The van der Waals surface area contributed by atoms with E-state index in [1.54, 1.807) is 6.92 Å². The van der Waals surface area contributed by atoms with Crippen molar-refractivity contribution in [3.05, 3.63) is 89.3 Å². The maximum Gasteiger partial charge on any atom is 0.276 e. The van der Waals surface area contributed by atoms with Crippen molar-refractivity contribution < 1.29 is 18.4 Å². The summed E-state index contributed by atoms with van der Waals surface area (Å²) in [6.45, 7) is 5.05. The van der Waals surface area contributed by atoms with E-state index in [2.05, 4.69) is 28.2 Å². The topological polar surface area (TPSA) is 142 Å². The fourth-order valence-corrected chi connectivity index (χ4v) is 5.79. The Balaban J connectivity index is 0.000000181. The van der Waals surface area contributed by atoms with E-state index in [9.17, 15) is 9.59 Å². The zero-order valence-electron chi connectivity index (χ0n) is 25.2. The number of primary amides is 1. The van der Waals surface area contributed by atoms with Crippen LogP contribution in [0.4, 0.5) is 5.88 Å². The van der Waals surface area contributed by atoms with E-state index in [1.807, 2.05) is 60.4 Å².